The van der Waals surface area contributed by atoms with Crippen LogP contribution in [0.15, 0.2) is 0 Å². The van der Waals surface area contributed by atoms with E-state index in [0.29, 0.717) is 17.7 Å². The van der Waals surface area contributed by atoms with E-state index in [1.807, 2.05) is 11.8 Å². The van der Waals surface area contributed by atoms with Gasteiger partial charge in [-0.15, -0.1) is 0 Å². The van der Waals surface area contributed by atoms with Gasteiger partial charge in [-0.1, -0.05) is 6.42 Å². The maximum absolute atomic E-state index is 12.0. The molecule has 16 heavy (non-hydrogen) atoms. The quantitative estimate of drug-likeness (QED) is 0.795. The van der Waals surface area contributed by atoms with Crippen molar-refractivity contribution < 1.29 is 9.90 Å². The number of piperidine rings is 1. The van der Waals surface area contributed by atoms with Crippen molar-refractivity contribution in [3.8, 4) is 0 Å². The Morgan fingerprint density at radius 1 is 1.38 bits per heavy atom. The molecule has 0 radical (unpaired) electrons. The first-order chi connectivity index (χ1) is 7.66. The summed E-state index contributed by atoms with van der Waals surface area (Å²) in [7, 11) is 0. The molecule has 1 saturated heterocycles. The van der Waals surface area contributed by atoms with Crippen molar-refractivity contribution in [2.45, 2.75) is 51.6 Å². The Bertz CT molecular complexity index is 248. The molecule has 1 amide bonds. The van der Waals surface area contributed by atoms with E-state index >= 15 is 0 Å². The fourth-order valence-electron chi connectivity index (χ4n) is 2.70. The first-order valence-corrected chi connectivity index (χ1v) is 6.62. The van der Waals surface area contributed by atoms with Gasteiger partial charge < -0.3 is 10.0 Å². The van der Waals surface area contributed by atoms with Gasteiger partial charge >= 0.3 is 0 Å². The van der Waals surface area contributed by atoms with Crippen molar-refractivity contribution in [1.29, 1.82) is 0 Å². The third-order valence-corrected chi connectivity index (χ3v) is 4.18. The van der Waals surface area contributed by atoms with Crippen LogP contribution in [0.25, 0.3) is 0 Å². The number of rotatable bonds is 3. The lowest BCUT2D eigenvalue weighted by atomic mass is 9.82. The summed E-state index contributed by atoms with van der Waals surface area (Å²) in [5.74, 6) is 1.26. The second-order valence-electron chi connectivity index (χ2n) is 5.48. The van der Waals surface area contributed by atoms with Crippen LogP contribution >= 0.6 is 0 Å². The van der Waals surface area contributed by atoms with E-state index < -0.39 is 0 Å². The van der Waals surface area contributed by atoms with Crippen molar-refractivity contribution in [3.63, 3.8) is 0 Å². The molecule has 1 aliphatic carbocycles. The number of carbonyl (C=O) groups is 1. The number of amides is 1. The zero-order chi connectivity index (χ0) is 11.5. The molecular formula is C13H23NO2. The fraction of sp³-hybridized carbons (Fsp3) is 0.923. The standard InChI is InChI=1S/C13H23NO2/c1-10(15)12-6-3-7-14(9-12)13(16)8-11-4-2-5-11/h10-12,15H,2-9H2,1H3. The lowest BCUT2D eigenvalue weighted by Gasteiger charge is -2.36. The van der Waals surface area contributed by atoms with E-state index in [4.69, 9.17) is 0 Å². The van der Waals surface area contributed by atoms with Gasteiger partial charge in [-0.05, 0) is 38.5 Å². The Morgan fingerprint density at radius 3 is 2.69 bits per heavy atom. The van der Waals surface area contributed by atoms with Crippen LogP contribution in [-0.4, -0.2) is 35.1 Å². The molecule has 3 heteroatoms. The van der Waals surface area contributed by atoms with Gasteiger partial charge in [0.1, 0.15) is 0 Å². The number of aliphatic hydroxyl groups excluding tert-OH is 1. The zero-order valence-electron chi connectivity index (χ0n) is 10.2. The Balaban J connectivity index is 1.80. The number of likely N-dealkylation sites (tertiary alicyclic amines) is 1. The molecule has 0 aromatic heterocycles. The highest BCUT2D eigenvalue weighted by atomic mass is 16.3. The number of hydrogen-bond donors (Lipinski definition) is 1. The van der Waals surface area contributed by atoms with E-state index in [1.54, 1.807) is 0 Å². The molecule has 1 saturated carbocycles. The third kappa shape index (κ3) is 2.76. The monoisotopic (exact) mass is 225 g/mol. The molecular weight excluding hydrogens is 202 g/mol. The van der Waals surface area contributed by atoms with E-state index in [9.17, 15) is 9.90 Å². The minimum absolute atomic E-state index is 0.278. The number of aliphatic hydroxyl groups is 1. The largest absolute Gasteiger partial charge is 0.393 e. The predicted octanol–water partition coefficient (Wildman–Crippen LogP) is 1.80. The van der Waals surface area contributed by atoms with E-state index in [2.05, 4.69) is 0 Å². The summed E-state index contributed by atoms with van der Waals surface area (Å²) < 4.78 is 0. The molecule has 2 fully saturated rings. The summed E-state index contributed by atoms with van der Waals surface area (Å²) in [6.07, 6.45) is 6.34. The van der Waals surface area contributed by atoms with Gasteiger partial charge in [0, 0.05) is 25.4 Å². The molecule has 1 aliphatic heterocycles. The van der Waals surface area contributed by atoms with Crippen LogP contribution in [-0.2, 0) is 4.79 Å². The lowest BCUT2D eigenvalue weighted by molar-refractivity contribution is -0.135. The normalized spacial score (nSPS) is 28.6. The fourth-order valence-corrected chi connectivity index (χ4v) is 2.70. The summed E-state index contributed by atoms with van der Waals surface area (Å²) in [5.41, 5.74) is 0. The molecule has 2 atom stereocenters. The van der Waals surface area contributed by atoms with Gasteiger partial charge in [0.2, 0.25) is 5.91 Å². The summed E-state index contributed by atoms with van der Waals surface area (Å²) in [6.45, 7) is 3.50. The van der Waals surface area contributed by atoms with E-state index in [-0.39, 0.29) is 6.10 Å². The number of carbonyl (C=O) groups excluding carboxylic acids is 1. The first kappa shape index (κ1) is 11.9. The summed E-state index contributed by atoms with van der Waals surface area (Å²) in [4.78, 5) is 14.0. The van der Waals surface area contributed by atoms with Gasteiger partial charge in [0.25, 0.3) is 0 Å². The topological polar surface area (TPSA) is 40.5 Å². The molecule has 2 rings (SSSR count). The van der Waals surface area contributed by atoms with Gasteiger partial charge in [0.15, 0.2) is 0 Å². The minimum Gasteiger partial charge on any atom is -0.393 e. The molecule has 0 aromatic rings. The Hall–Kier alpha value is -0.570. The molecule has 0 bridgehead atoms. The molecule has 1 heterocycles. The molecule has 0 aromatic carbocycles. The molecule has 1 N–H and O–H groups in total. The van der Waals surface area contributed by atoms with Gasteiger partial charge in [0.05, 0.1) is 6.10 Å². The van der Waals surface area contributed by atoms with Crippen LogP contribution < -0.4 is 0 Å². The average Bonchev–Trinajstić information content (AvgIpc) is 2.23. The highest BCUT2D eigenvalue weighted by molar-refractivity contribution is 5.76. The highest BCUT2D eigenvalue weighted by Crippen LogP contribution is 2.30. The Labute approximate surface area is 97.8 Å². The van der Waals surface area contributed by atoms with Crippen LogP contribution in [0.1, 0.15) is 45.4 Å². The third-order valence-electron chi connectivity index (χ3n) is 4.18. The molecule has 0 spiro atoms. The average molecular weight is 225 g/mol. The Kier molecular flexibility index (Phi) is 3.85. The minimum atomic E-state index is -0.278. The first-order valence-electron chi connectivity index (χ1n) is 6.62. The highest BCUT2D eigenvalue weighted by Gasteiger charge is 2.28. The lowest BCUT2D eigenvalue weighted by Crippen LogP contribution is -2.43. The maximum Gasteiger partial charge on any atom is 0.222 e. The van der Waals surface area contributed by atoms with Crippen molar-refractivity contribution in [2.75, 3.05) is 13.1 Å². The zero-order valence-corrected chi connectivity index (χ0v) is 10.2. The summed E-state index contributed by atoms with van der Waals surface area (Å²) in [6, 6.07) is 0. The van der Waals surface area contributed by atoms with E-state index in [1.165, 1.54) is 19.3 Å². The van der Waals surface area contributed by atoms with Crippen LogP contribution in [0.3, 0.4) is 0 Å². The van der Waals surface area contributed by atoms with E-state index in [0.717, 1.165) is 32.4 Å². The predicted molar refractivity (Wildman–Crippen MR) is 62.9 cm³/mol. The van der Waals surface area contributed by atoms with Crippen molar-refractivity contribution in [3.05, 3.63) is 0 Å². The SMILES string of the molecule is CC(O)C1CCCN(C(=O)CC2CCC2)C1. The van der Waals surface area contributed by atoms with Crippen molar-refractivity contribution >= 4 is 5.91 Å². The number of hydrogen-bond acceptors (Lipinski definition) is 2. The van der Waals surface area contributed by atoms with Crippen molar-refractivity contribution in [2.24, 2.45) is 11.8 Å². The van der Waals surface area contributed by atoms with Gasteiger partial charge in [-0.2, -0.15) is 0 Å². The van der Waals surface area contributed by atoms with Crippen LogP contribution in [0, 0.1) is 11.8 Å². The van der Waals surface area contributed by atoms with Gasteiger partial charge in [-0.3, -0.25) is 4.79 Å². The van der Waals surface area contributed by atoms with Crippen molar-refractivity contribution in [1.82, 2.24) is 4.90 Å². The molecule has 3 nitrogen and oxygen atoms in total. The second-order valence-corrected chi connectivity index (χ2v) is 5.48. The van der Waals surface area contributed by atoms with Crippen LogP contribution in [0.2, 0.25) is 0 Å². The molecule has 92 valence electrons. The Morgan fingerprint density at radius 2 is 2.12 bits per heavy atom. The van der Waals surface area contributed by atoms with Crippen LogP contribution in [0.5, 0.6) is 0 Å². The second kappa shape index (κ2) is 5.17. The smallest absolute Gasteiger partial charge is 0.222 e. The van der Waals surface area contributed by atoms with Gasteiger partial charge in [-0.25, -0.2) is 0 Å². The summed E-state index contributed by atoms with van der Waals surface area (Å²) >= 11 is 0. The molecule has 2 unspecified atom stereocenters. The molecule has 2 aliphatic rings. The maximum atomic E-state index is 12.0. The van der Waals surface area contributed by atoms with Crippen LogP contribution in [0.4, 0.5) is 0 Å². The number of nitrogens with zero attached hydrogens (tertiary/aromatic N) is 1. The summed E-state index contributed by atoms with van der Waals surface area (Å²) in [5, 5.41) is 9.58.